The van der Waals surface area contributed by atoms with E-state index in [1.807, 2.05) is 42.6 Å². The van der Waals surface area contributed by atoms with E-state index in [1.54, 1.807) is 0 Å². The second-order valence-corrected chi connectivity index (χ2v) is 20.6. The van der Waals surface area contributed by atoms with Crippen molar-refractivity contribution in [3.8, 4) is 17.3 Å². The van der Waals surface area contributed by atoms with Crippen LogP contribution in [0.15, 0.2) is 126 Å². The molecule has 1 aliphatic heterocycles. The maximum atomic E-state index is 6.55. The molecule has 0 saturated heterocycles. The first-order valence-corrected chi connectivity index (χ1v) is 21.2. The second kappa shape index (κ2) is 13.1. The molecule has 8 heteroatoms. The average Bonchev–Trinajstić information content (AvgIpc) is 3.80. The summed E-state index contributed by atoms with van der Waals surface area (Å²) in [6.45, 7) is 15.9. The van der Waals surface area contributed by atoms with Gasteiger partial charge >= 0.3 is 0 Å². The molecule has 5 aromatic carbocycles. The molecule has 0 fully saturated rings. The Hall–Kier alpha value is -5.10. The molecule has 1 aliphatic rings. The smallest absolute Gasteiger partial charge is 0.135 e. The van der Waals surface area contributed by atoms with Crippen molar-refractivity contribution in [3.05, 3.63) is 146 Å². The molecule has 6 nitrogen and oxygen atoms in total. The third-order valence-electron chi connectivity index (χ3n) is 9.85. The van der Waals surface area contributed by atoms with Gasteiger partial charge in [0.25, 0.3) is 0 Å². The van der Waals surface area contributed by atoms with Crippen molar-refractivity contribution in [2.45, 2.75) is 45.8 Å². The summed E-state index contributed by atoms with van der Waals surface area (Å²) in [5.74, 6) is 2.02. The van der Waals surface area contributed by atoms with Crippen LogP contribution in [0.5, 0.6) is 11.5 Å². The average molecular weight is 891 g/mol. The van der Waals surface area contributed by atoms with Crippen LogP contribution in [-0.4, -0.2) is 17.6 Å². The number of rotatable bonds is 6. The fourth-order valence-corrected chi connectivity index (χ4v) is 8.19. The Morgan fingerprint density at radius 3 is 2.26 bits per heavy atom. The van der Waals surface area contributed by atoms with Gasteiger partial charge in [-0.1, -0.05) is 92.9 Å². The standard InChI is InChI=1S/C45H39N4O2Si.Pt/c1-45(2,3)30-13-11-14-31(25-30)47-29-48(39-19-9-8-18-38(39)47)32-15-12-16-33(26-32)50-34-21-22-36-40(27-34)49(42-28-35(23-24-46-42)52(4,5)6)43-37-17-7-10-20-41(37)51-44(36)43;/h7-25,28-29H,1-6H3;/q-3;. The zero-order valence-electron chi connectivity index (χ0n) is 30.5. The van der Waals surface area contributed by atoms with Crippen molar-refractivity contribution < 1.29 is 30.2 Å². The fraction of sp³-hybridized carbons (Fsp3) is 0.156. The zero-order chi connectivity index (χ0) is 35.8. The van der Waals surface area contributed by atoms with Crippen LogP contribution in [0.3, 0.4) is 0 Å². The number of anilines is 4. The van der Waals surface area contributed by atoms with Crippen LogP contribution >= 0.6 is 0 Å². The molecule has 0 bridgehead atoms. The van der Waals surface area contributed by atoms with Gasteiger partial charge in [-0.3, -0.25) is 0 Å². The molecule has 3 aromatic heterocycles. The Kier molecular flexibility index (Phi) is 8.63. The molecule has 4 heterocycles. The maximum Gasteiger partial charge on any atom is 0.135 e. The number of benzene rings is 5. The van der Waals surface area contributed by atoms with Gasteiger partial charge in [0.1, 0.15) is 17.0 Å². The minimum Gasteiger partial charge on any atom is -0.509 e. The van der Waals surface area contributed by atoms with E-state index < -0.39 is 8.07 Å². The topological polar surface area (TPSA) is 46.7 Å². The minimum atomic E-state index is -1.61. The second-order valence-electron chi connectivity index (χ2n) is 15.5. The van der Waals surface area contributed by atoms with Crippen LogP contribution < -0.4 is 19.7 Å². The SMILES string of the molecule is CC(C)(C)c1cccc(N2[CH-]N(c3[c-]c(Oc4[c-]c5c(cc4)c4oc6ccccc6c4n5-c4cc([Si](C)(C)C)ccn4)ccc3)c3ccccc32)c1.[Pt]. The molecule has 53 heavy (non-hydrogen) atoms. The van der Waals surface area contributed by atoms with Gasteiger partial charge in [0.15, 0.2) is 0 Å². The van der Waals surface area contributed by atoms with E-state index >= 15 is 0 Å². The summed E-state index contributed by atoms with van der Waals surface area (Å²) in [6, 6.07) is 46.9. The van der Waals surface area contributed by atoms with Gasteiger partial charge in [0.2, 0.25) is 0 Å². The van der Waals surface area contributed by atoms with E-state index in [2.05, 4.69) is 152 Å². The normalized spacial score (nSPS) is 13.2. The van der Waals surface area contributed by atoms with Gasteiger partial charge in [-0.2, -0.15) is 12.1 Å². The van der Waals surface area contributed by atoms with Gasteiger partial charge in [0.05, 0.1) is 13.6 Å². The van der Waals surface area contributed by atoms with Crippen LogP contribution in [-0.2, 0) is 26.5 Å². The van der Waals surface area contributed by atoms with Crippen LogP contribution in [0.2, 0.25) is 19.6 Å². The van der Waals surface area contributed by atoms with Crippen molar-refractivity contribution in [3.63, 3.8) is 0 Å². The first kappa shape index (κ1) is 35.0. The van der Waals surface area contributed by atoms with Crippen LogP contribution in [0.25, 0.3) is 38.8 Å². The quantitative estimate of drug-likeness (QED) is 0.123. The number of nitrogens with zero attached hydrogens (tertiary/aromatic N) is 4. The van der Waals surface area contributed by atoms with E-state index in [1.165, 1.54) is 10.8 Å². The molecule has 0 atom stereocenters. The molecule has 0 amide bonds. The van der Waals surface area contributed by atoms with Gasteiger partial charge in [-0.15, -0.1) is 42.7 Å². The molecular weight excluding hydrogens is 852 g/mol. The van der Waals surface area contributed by atoms with Crippen molar-refractivity contribution in [1.82, 2.24) is 9.55 Å². The van der Waals surface area contributed by atoms with Crippen molar-refractivity contribution in [2.24, 2.45) is 0 Å². The maximum absolute atomic E-state index is 6.55. The summed E-state index contributed by atoms with van der Waals surface area (Å²) in [7, 11) is -1.61. The zero-order valence-corrected chi connectivity index (χ0v) is 33.8. The molecule has 0 saturated carbocycles. The van der Waals surface area contributed by atoms with Gasteiger partial charge < -0.3 is 23.5 Å². The van der Waals surface area contributed by atoms with E-state index in [4.69, 9.17) is 14.1 Å². The molecule has 0 aliphatic carbocycles. The molecule has 9 rings (SSSR count). The van der Waals surface area contributed by atoms with Crippen LogP contribution in [0.4, 0.5) is 22.7 Å². The van der Waals surface area contributed by atoms with E-state index in [-0.39, 0.29) is 26.5 Å². The number of furan rings is 1. The van der Waals surface area contributed by atoms with E-state index in [0.29, 0.717) is 11.5 Å². The Bertz CT molecular complexity index is 2650. The molecule has 0 radical (unpaired) electrons. The molecule has 0 N–H and O–H groups in total. The van der Waals surface area contributed by atoms with Gasteiger partial charge in [0, 0.05) is 61.2 Å². The van der Waals surface area contributed by atoms with Crippen molar-refractivity contribution >= 4 is 69.0 Å². The van der Waals surface area contributed by atoms with Gasteiger partial charge in [-0.25, -0.2) is 4.98 Å². The molecule has 0 unspecified atom stereocenters. The number of aromatic nitrogens is 2. The fourth-order valence-electron chi connectivity index (χ4n) is 7.05. The number of hydrogen-bond donors (Lipinski definition) is 0. The van der Waals surface area contributed by atoms with Crippen molar-refractivity contribution in [2.75, 3.05) is 9.80 Å². The number of ether oxygens (including phenoxy) is 1. The van der Waals surface area contributed by atoms with Crippen molar-refractivity contribution in [1.29, 1.82) is 0 Å². The Labute approximate surface area is 325 Å². The summed E-state index contributed by atoms with van der Waals surface area (Å²) in [5, 5.41) is 3.32. The number of pyridine rings is 1. The minimum absolute atomic E-state index is 0. The predicted octanol–water partition coefficient (Wildman–Crippen LogP) is 11.6. The Morgan fingerprint density at radius 2 is 1.47 bits per heavy atom. The number of hydrogen-bond acceptors (Lipinski definition) is 5. The summed E-state index contributed by atoms with van der Waals surface area (Å²) >= 11 is 0. The molecule has 268 valence electrons. The van der Waals surface area contributed by atoms with E-state index in [0.717, 1.165) is 61.5 Å². The summed E-state index contributed by atoms with van der Waals surface area (Å²) in [5.41, 5.74) is 8.99. The number of fused-ring (bicyclic) bond motifs is 6. The molecular formula is C45H39N4O2PtSi-3. The van der Waals surface area contributed by atoms with Gasteiger partial charge in [-0.05, 0) is 59.5 Å². The Balaban J connectivity index is 0.00000400. The summed E-state index contributed by atoms with van der Waals surface area (Å²) < 4.78 is 15.2. The summed E-state index contributed by atoms with van der Waals surface area (Å²) in [6.07, 6.45) is 1.92. The molecule has 0 spiro atoms. The van der Waals surface area contributed by atoms with Crippen LogP contribution in [0, 0.1) is 18.8 Å². The molecule has 8 aromatic rings. The monoisotopic (exact) mass is 890 g/mol. The number of para-hydroxylation sites is 3. The predicted molar refractivity (Wildman–Crippen MR) is 216 cm³/mol. The van der Waals surface area contributed by atoms with Crippen LogP contribution in [0.1, 0.15) is 26.3 Å². The first-order chi connectivity index (χ1) is 25.0. The first-order valence-electron chi connectivity index (χ1n) is 17.7. The Morgan fingerprint density at radius 1 is 0.736 bits per heavy atom. The summed E-state index contributed by atoms with van der Waals surface area (Å²) in [4.78, 5) is 9.29. The third kappa shape index (κ3) is 6.16. The van der Waals surface area contributed by atoms with E-state index in [9.17, 15) is 0 Å². The third-order valence-corrected chi connectivity index (χ3v) is 11.9. The largest absolute Gasteiger partial charge is 0.509 e.